The number of carboxylic acid groups (broad SMARTS) is 1. The zero-order chi connectivity index (χ0) is 22.1. The van der Waals surface area contributed by atoms with Gasteiger partial charge < -0.3 is 20.0 Å². The van der Waals surface area contributed by atoms with Crippen LogP contribution >= 0.6 is 0 Å². The summed E-state index contributed by atoms with van der Waals surface area (Å²) in [4.78, 5) is 36.9. The van der Waals surface area contributed by atoms with Gasteiger partial charge in [-0.25, -0.2) is 4.98 Å². The molecule has 3 N–H and O–H groups in total. The predicted molar refractivity (Wildman–Crippen MR) is 125 cm³/mol. The summed E-state index contributed by atoms with van der Waals surface area (Å²) >= 11 is 0. The number of hydrogen-bond acceptors (Lipinski definition) is 4. The van der Waals surface area contributed by atoms with E-state index in [2.05, 4.69) is 32.0 Å². The molecule has 0 aliphatic carbocycles. The summed E-state index contributed by atoms with van der Waals surface area (Å²) in [5, 5.41) is 10.1. The number of aryl methyl sites for hydroxylation is 1. The van der Waals surface area contributed by atoms with Gasteiger partial charge in [-0.05, 0) is 80.5 Å². The van der Waals surface area contributed by atoms with E-state index in [1.54, 1.807) is 0 Å². The first-order chi connectivity index (χ1) is 15.6. The molecule has 2 aromatic carbocycles. The number of pyridine rings is 1. The molecule has 0 unspecified atom stereocenters. The number of H-pyrrole nitrogens is 2. The van der Waals surface area contributed by atoms with E-state index in [0.29, 0.717) is 11.4 Å². The maximum atomic E-state index is 12.6. The summed E-state index contributed by atoms with van der Waals surface area (Å²) in [5.74, 6) is -0.272. The largest absolute Gasteiger partial charge is 0.481 e. The molecule has 32 heavy (non-hydrogen) atoms. The van der Waals surface area contributed by atoms with Crippen molar-refractivity contribution in [3.05, 3.63) is 64.4 Å². The van der Waals surface area contributed by atoms with E-state index in [4.69, 9.17) is 5.11 Å². The Labute approximate surface area is 185 Å². The second kappa shape index (κ2) is 8.59. The van der Waals surface area contributed by atoms with Crippen LogP contribution in [0.3, 0.4) is 0 Å². The normalized spacial score (nSPS) is 15.5. The Hall–Kier alpha value is -3.45. The fraction of sp³-hybridized carbons (Fsp3) is 0.320. The number of nitrogens with zero attached hydrogens (tertiary/aromatic N) is 2. The SMILES string of the molecule is O=C(O)C1CCN(CCCc2ccc3nc(-c4cc5ccccc5[nH]c4=O)[nH]c3c2)CC1. The maximum Gasteiger partial charge on any atom is 0.306 e. The molecule has 0 bridgehead atoms. The van der Waals surface area contributed by atoms with Crippen molar-refractivity contribution in [3.63, 3.8) is 0 Å². The van der Waals surface area contributed by atoms with Crippen LogP contribution in [0.15, 0.2) is 53.3 Å². The van der Waals surface area contributed by atoms with Crippen LogP contribution in [0.4, 0.5) is 0 Å². The quantitative estimate of drug-likeness (QED) is 0.432. The van der Waals surface area contributed by atoms with Gasteiger partial charge in [0.2, 0.25) is 0 Å². The number of carbonyl (C=O) groups is 1. The van der Waals surface area contributed by atoms with E-state index in [9.17, 15) is 9.59 Å². The molecule has 1 fully saturated rings. The molecule has 4 aromatic rings. The smallest absolute Gasteiger partial charge is 0.306 e. The van der Waals surface area contributed by atoms with Gasteiger partial charge in [0.1, 0.15) is 5.82 Å². The Morgan fingerprint density at radius 2 is 1.88 bits per heavy atom. The van der Waals surface area contributed by atoms with Crippen molar-refractivity contribution < 1.29 is 9.90 Å². The predicted octanol–water partition coefficient (Wildman–Crippen LogP) is 3.80. The Kier molecular flexibility index (Phi) is 5.49. The molecule has 0 radical (unpaired) electrons. The van der Waals surface area contributed by atoms with Gasteiger partial charge in [-0.2, -0.15) is 0 Å². The lowest BCUT2D eigenvalue weighted by Gasteiger charge is -2.29. The second-order valence-corrected chi connectivity index (χ2v) is 8.59. The van der Waals surface area contributed by atoms with Crippen LogP contribution in [-0.4, -0.2) is 50.6 Å². The van der Waals surface area contributed by atoms with Crippen molar-refractivity contribution in [2.24, 2.45) is 5.92 Å². The molecule has 0 spiro atoms. The van der Waals surface area contributed by atoms with Crippen molar-refractivity contribution in [2.75, 3.05) is 19.6 Å². The minimum Gasteiger partial charge on any atom is -0.481 e. The number of imidazole rings is 1. The third kappa shape index (κ3) is 4.16. The number of rotatable bonds is 6. The molecule has 0 atom stereocenters. The number of aromatic amines is 2. The third-order valence-corrected chi connectivity index (χ3v) is 6.43. The lowest BCUT2D eigenvalue weighted by molar-refractivity contribution is -0.143. The molecular formula is C25H26N4O3. The summed E-state index contributed by atoms with van der Waals surface area (Å²) in [7, 11) is 0. The second-order valence-electron chi connectivity index (χ2n) is 8.59. The van der Waals surface area contributed by atoms with Gasteiger partial charge in [-0.1, -0.05) is 24.3 Å². The zero-order valence-corrected chi connectivity index (χ0v) is 17.8. The first kappa shape index (κ1) is 20.5. The fourth-order valence-electron chi connectivity index (χ4n) is 4.57. The van der Waals surface area contributed by atoms with Gasteiger partial charge in [-0.15, -0.1) is 0 Å². The molecule has 5 rings (SSSR count). The highest BCUT2D eigenvalue weighted by molar-refractivity contribution is 5.85. The standard InChI is InChI=1S/C25H26N4O3/c30-24-19(15-18-5-1-2-6-20(18)28-24)23-26-21-8-7-16(14-22(21)27-23)4-3-11-29-12-9-17(10-13-29)25(31)32/h1-2,5-8,14-15,17H,3-4,9-13H2,(H,26,27)(H,28,30)(H,31,32). The molecular weight excluding hydrogens is 404 g/mol. The molecule has 1 saturated heterocycles. The van der Waals surface area contributed by atoms with Crippen LogP contribution in [-0.2, 0) is 11.2 Å². The number of aliphatic carboxylic acids is 1. The summed E-state index contributed by atoms with van der Waals surface area (Å²) in [6.07, 6.45) is 3.45. The number of likely N-dealkylation sites (tertiary alicyclic amines) is 1. The monoisotopic (exact) mass is 430 g/mol. The van der Waals surface area contributed by atoms with Crippen molar-refractivity contribution in [2.45, 2.75) is 25.7 Å². The van der Waals surface area contributed by atoms with Gasteiger partial charge in [0.05, 0.1) is 22.5 Å². The number of hydrogen-bond donors (Lipinski definition) is 3. The highest BCUT2D eigenvalue weighted by Gasteiger charge is 2.23. The van der Waals surface area contributed by atoms with Gasteiger partial charge in [0.25, 0.3) is 5.56 Å². The molecule has 0 amide bonds. The molecule has 3 heterocycles. The lowest BCUT2D eigenvalue weighted by Crippen LogP contribution is -2.36. The first-order valence-corrected chi connectivity index (χ1v) is 11.1. The summed E-state index contributed by atoms with van der Waals surface area (Å²) in [6.45, 7) is 2.70. The topological polar surface area (TPSA) is 102 Å². The lowest BCUT2D eigenvalue weighted by atomic mass is 9.97. The van der Waals surface area contributed by atoms with E-state index >= 15 is 0 Å². The number of aromatic nitrogens is 3. The number of carboxylic acids is 1. The Morgan fingerprint density at radius 1 is 1.06 bits per heavy atom. The van der Waals surface area contributed by atoms with Crippen molar-refractivity contribution in [3.8, 4) is 11.4 Å². The molecule has 1 aliphatic rings. The van der Waals surface area contributed by atoms with E-state index in [1.807, 2.05) is 36.4 Å². The molecule has 7 nitrogen and oxygen atoms in total. The van der Waals surface area contributed by atoms with Crippen LogP contribution in [0.2, 0.25) is 0 Å². The minimum atomic E-state index is -0.664. The molecule has 0 saturated carbocycles. The summed E-state index contributed by atoms with van der Waals surface area (Å²) < 4.78 is 0. The fourth-order valence-corrected chi connectivity index (χ4v) is 4.57. The van der Waals surface area contributed by atoms with E-state index in [1.165, 1.54) is 5.56 Å². The summed E-state index contributed by atoms with van der Waals surface area (Å²) in [6, 6.07) is 15.8. The maximum absolute atomic E-state index is 12.6. The average Bonchev–Trinajstić information content (AvgIpc) is 3.22. The van der Waals surface area contributed by atoms with Crippen LogP contribution in [0.1, 0.15) is 24.8 Å². The first-order valence-electron chi connectivity index (χ1n) is 11.1. The van der Waals surface area contributed by atoms with Crippen molar-refractivity contribution in [1.29, 1.82) is 0 Å². The van der Waals surface area contributed by atoms with E-state index in [-0.39, 0.29) is 11.5 Å². The van der Waals surface area contributed by atoms with Crippen LogP contribution in [0.5, 0.6) is 0 Å². The number of para-hydroxylation sites is 1. The Bertz CT molecular complexity index is 1330. The van der Waals surface area contributed by atoms with Crippen LogP contribution in [0.25, 0.3) is 33.3 Å². The molecule has 164 valence electrons. The molecule has 2 aromatic heterocycles. The van der Waals surface area contributed by atoms with Crippen molar-refractivity contribution in [1.82, 2.24) is 19.9 Å². The average molecular weight is 431 g/mol. The summed E-state index contributed by atoms with van der Waals surface area (Å²) in [5.41, 5.74) is 4.17. The minimum absolute atomic E-state index is 0.158. The number of piperidine rings is 1. The van der Waals surface area contributed by atoms with Gasteiger partial charge >= 0.3 is 5.97 Å². The van der Waals surface area contributed by atoms with Gasteiger partial charge in [-0.3, -0.25) is 9.59 Å². The van der Waals surface area contributed by atoms with Crippen LogP contribution in [0, 0.1) is 5.92 Å². The third-order valence-electron chi connectivity index (χ3n) is 6.43. The van der Waals surface area contributed by atoms with E-state index in [0.717, 1.165) is 67.3 Å². The van der Waals surface area contributed by atoms with E-state index < -0.39 is 5.97 Å². The Balaban J connectivity index is 1.27. The van der Waals surface area contributed by atoms with Crippen LogP contribution < -0.4 is 5.56 Å². The van der Waals surface area contributed by atoms with Gasteiger partial charge in [0, 0.05) is 5.52 Å². The van der Waals surface area contributed by atoms with Gasteiger partial charge in [0.15, 0.2) is 0 Å². The number of benzene rings is 2. The zero-order valence-electron chi connectivity index (χ0n) is 17.8. The highest BCUT2D eigenvalue weighted by atomic mass is 16.4. The molecule has 7 heteroatoms. The number of nitrogens with one attached hydrogen (secondary N) is 2. The Morgan fingerprint density at radius 3 is 2.69 bits per heavy atom. The molecule has 1 aliphatic heterocycles. The van der Waals surface area contributed by atoms with Crippen molar-refractivity contribution >= 4 is 27.9 Å². The number of fused-ring (bicyclic) bond motifs is 2. The highest BCUT2D eigenvalue weighted by Crippen LogP contribution is 2.22.